The largest absolute Gasteiger partial charge is 0.445 e. The number of carbonyl (C=O) groups excluding carboxylic acids is 4. The number of hydrogen-bond donors (Lipinski definition) is 6. The number of rotatable bonds is 29. The number of unbranched alkanes of at least 4 members (excludes halogenated alkanes) is 4. The molecule has 0 aromatic heterocycles. The standard InChI is InChI=1S/C54H78N8O6/c1-7-11-33-61(34-12-8-2)37-31-55-50(63)57-46-23-15-42(16-24-46)39-44-19-27-48(28-20-44)59-52(65)67-41-54(5,6)68-53(66)60-49-29-21-45(22-30-49)40-43-17-25-47(26-18-43)58-51(64)56-32-38-62(35-13-9-3)36-14-10-4/h15-30H,7-14,31-41H2,1-6H3,(H,59,65)(H,60,66)(H2,55,57,63)(H2,56,58,64). The second-order valence-electron chi connectivity index (χ2n) is 18.0. The summed E-state index contributed by atoms with van der Waals surface area (Å²) in [5.74, 6) is 0. The van der Waals surface area contributed by atoms with E-state index in [1.54, 1.807) is 38.1 Å². The lowest BCUT2D eigenvalue weighted by molar-refractivity contribution is -0.00170. The van der Waals surface area contributed by atoms with Crippen LogP contribution in [0, 0.1) is 0 Å². The summed E-state index contributed by atoms with van der Waals surface area (Å²) in [7, 11) is 0. The number of anilines is 4. The van der Waals surface area contributed by atoms with Gasteiger partial charge in [0, 0.05) is 48.9 Å². The maximum atomic E-state index is 12.8. The van der Waals surface area contributed by atoms with Gasteiger partial charge in [0.1, 0.15) is 12.2 Å². The molecule has 0 atom stereocenters. The number of ether oxygens (including phenoxy) is 2. The quantitative estimate of drug-likeness (QED) is 0.0313. The van der Waals surface area contributed by atoms with Crippen molar-refractivity contribution in [3.8, 4) is 0 Å². The third-order valence-corrected chi connectivity index (χ3v) is 11.3. The Kier molecular flexibility index (Phi) is 24.3. The molecule has 0 aliphatic heterocycles. The van der Waals surface area contributed by atoms with Gasteiger partial charge in [0.2, 0.25) is 0 Å². The zero-order chi connectivity index (χ0) is 49.0. The predicted molar refractivity (Wildman–Crippen MR) is 277 cm³/mol. The number of hydrogen-bond acceptors (Lipinski definition) is 8. The molecule has 0 aliphatic rings. The van der Waals surface area contributed by atoms with Gasteiger partial charge in [0.15, 0.2) is 0 Å². The number of carbonyl (C=O) groups is 4. The van der Waals surface area contributed by atoms with E-state index < -0.39 is 17.8 Å². The fourth-order valence-corrected chi connectivity index (χ4v) is 7.32. The summed E-state index contributed by atoms with van der Waals surface area (Å²) in [6, 6.07) is 30.0. The van der Waals surface area contributed by atoms with E-state index in [-0.39, 0.29) is 18.7 Å². The van der Waals surface area contributed by atoms with Gasteiger partial charge in [-0.2, -0.15) is 0 Å². The van der Waals surface area contributed by atoms with Crippen molar-refractivity contribution in [2.45, 2.75) is 111 Å². The third kappa shape index (κ3) is 22.1. The summed E-state index contributed by atoms with van der Waals surface area (Å²) in [5.41, 5.74) is 5.73. The first kappa shape index (κ1) is 54.5. The Morgan fingerprint density at radius 3 is 1.07 bits per heavy atom. The van der Waals surface area contributed by atoms with Crippen molar-refractivity contribution in [2.75, 3.05) is 80.2 Å². The van der Waals surface area contributed by atoms with Crippen LogP contribution in [-0.2, 0) is 22.3 Å². The number of nitrogens with zero attached hydrogens (tertiary/aromatic N) is 2. The third-order valence-electron chi connectivity index (χ3n) is 11.3. The molecule has 0 saturated heterocycles. The average molecular weight is 935 g/mol. The van der Waals surface area contributed by atoms with Crippen LogP contribution in [0.1, 0.15) is 115 Å². The van der Waals surface area contributed by atoms with Crippen LogP contribution in [0.2, 0.25) is 0 Å². The lowest BCUT2D eigenvalue weighted by atomic mass is 10.0. The highest BCUT2D eigenvalue weighted by Crippen LogP contribution is 2.20. The van der Waals surface area contributed by atoms with Crippen LogP contribution in [-0.4, -0.2) is 98.6 Å². The van der Waals surface area contributed by atoms with Crippen LogP contribution in [0.5, 0.6) is 0 Å². The van der Waals surface area contributed by atoms with Crippen LogP contribution in [0.4, 0.5) is 41.9 Å². The van der Waals surface area contributed by atoms with E-state index in [2.05, 4.69) is 69.4 Å². The molecule has 0 aliphatic carbocycles. The SMILES string of the molecule is CCCCN(CCCC)CCNC(=O)Nc1ccc(Cc2ccc(NC(=O)OCC(C)(C)OC(=O)Nc3ccc(Cc4ccc(NC(=O)NCCN(CCCC)CCCC)cc4)cc3)cc2)cc1. The fourth-order valence-electron chi connectivity index (χ4n) is 7.32. The van der Waals surface area contributed by atoms with E-state index in [0.717, 1.165) is 124 Å². The monoisotopic (exact) mass is 935 g/mol. The second kappa shape index (κ2) is 30.3. The number of urea groups is 2. The smallest absolute Gasteiger partial charge is 0.412 e. The summed E-state index contributed by atoms with van der Waals surface area (Å²) < 4.78 is 11.0. The minimum absolute atomic E-state index is 0.164. The van der Waals surface area contributed by atoms with Crippen LogP contribution in [0.25, 0.3) is 0 Å². The van der Waals surface area contributed by atoms with E-state index in [4.69, 9.17) is 9.47 Å². The molecule has 6 amide bonds. The van der Waals surface area contributed by atoms with Crippen molar-refractivity contribution in [3.05, 3.63) is 119 Å². The fraction of sp³-hybridized carbons (Fsp3) is 0.481. The Labute approximate surface area is 405 Å². The van der Waals surface area contributed by atoms with Crippen LogP contribution in [0.15, 0.2) is 97.1 Å². The topological polar surface area (TPSA) is 165 Å². The van der Waals surface area contributed by atoms with Crippen molar-refractivity contribution >= 4 is 47.0 Å². The highest BCUT2D eigenvalue weighted by atomic mass is 16.6. The van der Waals surface area contributed by atoms with Crippen LogP contribution < -0.4 is 31.9 Å². The molecule has 0 bridgehead atoms. The lowest BCUT2D eigenvalue weighted by Gasteiger charge is -2.24. The zero-order valence-corrected chi connectivity index (χ0v) is 41.5. The first-order chi connectivity index (χ1) is 32.9. The van der Waals surface area contributed by atoms with E-state index in [0.29, 0.717) is 37.3 Å². The zero-order valence-electron chi connectivity index (χ0n) is 41.5. The number of amides is 6. The molecule has 68 heavy (non-hydrogen) atoms. The van der Waals surface area contributed by atoms with Gasteiger partial charge < -0.3 is 40.5 Å². The molecule has 0 radical (unpaired) electrons. The summed E-state index contributed by atoms with van der Waals surface area (Å²) in [6.45, 7) is 19.1. The Hall–Kier alpha value is -6.12. The van der Waals surface area contributed by atoms with Crippen LogP contribution >= 0.6 is 0 Å². The molecule has 0 spiro atoms. The molecular formula is C54H78N8O6. The molecule has 0 heterocycles. The van der Waals surface area contributed by atoms with E-state index >= 15 is 0 Å². The Morgan fingerprint density at radius 2 is 0.750 bits per heavy atom. The molecule has 0 fully saturated rings. The van der Waals surface area contributed by atoms with Gasteiger partial charge in [-0.1, -0.05) is 102 Å². The Bertz CT molecular complexity index is 2060. The molecule has 370 valence electrons. The maximum Gasteiger partial charge on any atom is 0.412 e. The number of benzene rings is 4. The molecule has 4 aromatic carbocycles. The van der Waals surface area contributed by atoms with E-state index in [9.17, 15) is 19.2 Å². The molecule has 4 aromatic rings. The lowest BCUT2D eigenvalue weighted by Crippen LogP contribution is -2.37. The minimum atomic E-state index is -1.10. The normalized spacial score (nSPS) is 11.2. The van der Waals surface area contributed by atoms with E-state index in [1.165, 1.54) is 0 Å². The second-order valence-corrected chi connectivity index (χ2v) is 18.0. The van der Waals surface area contributed by atoms with Gasteiger partial charge in [-0.15, -0.1) is 0 Å². The highest BCUT2D eigenvalue weighted by molar-refractivity contribution is 5.90. The molecule has 14 heteroatoms. The average Bonchev–Trinajstić information content (AvgIpc) is 3.32. The summed E-state index contributed by atoms with van der Waals surface area (Å²) in [6.07, 6.45) is 9.31. The van der Waals surface area contributed by atoms with Crippen molar-refractivity contribution < 1.29 is 28.7 Å². The summed E-state index contributed by atoms with van der Waals surface area (Å²) in [4.78, 5) is 55.3. The Morgan fingerprint density at radius 1 is 0.441 bits per heavy atom. The van der Waals surface area contributed by atoms with Gasteiger partial charge in [0.05, 0.1) is 0 Å². The molecule has 0 unspecified atom stereocenters. The highest BCUT2D eigenvalue weighted by Gasteiger charge is 2.25. The van der Waals surface area contributed by atoms with Crippen molar-refractivity contribution in [3.63, 3.8) is 0 Å². The maximum absolute atomic E-state index is 12.8. The van der Waals surface area contributed by atoms with Crippen LogP contribution in [0.3, 0.4) is 0 Å². The molecule has 14 nitrogen and oxygen atoms in total. The molecule has 4 rings (SSSR count). The summed E-state index contributed by atoms with van der Waals surface area (Å²) in [5, 5.41) is 17.3. The van der Waals surface area contributed by atoms with Gasteiger partial charge in [-0.25, -0.2) is 19.2 Å². The van der Waals surface area contributed by atoms with E-state index in [1.807, 2.05) is 72.8 Å². The van der Waals surface area contributed by atoms with Crippen molar-refractivity contribution in [2.24, 2.45) is 0 Å². The molecule has 0 saturated carbocycles. The first-order valence-corrected chi connectivity index (χ1v) is 24.7. The number of nitrogens with one attached hydrogen (secondary N) is 6. The van der Waals surface area contributed by atoms with Gasteiger partial charge >= 0.3 is 24.2 Å². The molecule has 6 N–H and O–H groups in total. The van der Waals surface area contributed by atoms with Gasteiger partial charge in [-0.05, 0) is 149 Å². The predicted octanol–water partition coefficient (Wildman–Crippen LogP) is 11.5. The van der Waals surface area contributed by atoms with Crippen molar-refractivity contribution in [1.29, 1.82) is 0 Å². The van der Waals surface area contributed by atoms with Crippen molar-refractivity contribution in [1.82, 2.24) is 20.4 Å². The first-order valence-electron chi connectivity index (χ1n) is 24.7. The van der Waals surface area contributed by atoms with Gasteiger partial charge in [-0.3, -0.25) is 10.6 Å². The molecular weight excluding hydrogens is 857 g/mol. The summed E-state index contributed by atoms with van der Waals surface area (Å²) >= 11 is 0. The Balaban J connectivity index is 1.11. The minimum Gasteiger partial charge on any atom is -0.445 e. The van der Waals surface area contributed by atoms with Gasteiger partial charge in [0.25, 0.3) is 0 Å².